The molecule has 2 saturated heterocycles. The van der Waals surface area contributed by atoms with Crippen LogP contribution in [0.5, 0.6) is 0 Å². The number of nitrogens with zero attached hydrogens (tertiary/aromatic N) is 1. The summed E-state index contributed by atoms with van der Waals surface area (Å²) in [4.78, 5) is 36.0. The van der Waals surface area contributed by atoms with Gasteiger partial charge in [-0.3, -0.25) is 14.4 Å². The van der Waals surface area contributed by atoms with E-state index >= 15 is 0 Å². The zero-order valence-corrected chi connectivity index (χ0v) is 11.4. The third-order valence-electron chi connectivity index (χ3n) is 3.68. The molecule has 0 aromatic heterocycles. The lowest BCUT2D eigenvalue weighted by atomic mass is 10.1. The number of hydrogen-bond donors (Lipinski definition) is 5. The number of β-amino-alcohol motifs (C(OH)–C–C–N with tert-alkyl or cyclic N) is 2. The molecule has 2 aliphatic heterocycles. The van der Waals surface area contributed by atoms with Gasteiger partial charge in [-0.15, -0.1) is 0 Å². The Hall–Kier alpha value is -1.71. The zero-order chi connectivity index (χ0) is 15.6. The monoisotopic (exact) mass is 301 g/mol. The topological polar surface area (TPSA) is 139 Å². The standard InChI is InChI=1S/C12H19N3O6/c16-6-1-8(13-3-6)12(21)15-5-7(17)2-9(15)11(20)14-4-10(18)19/h6-9,13,16-17H,1-5H2,(H,14,20)(H,18,19)/t6-,7-,8+,9+/m1/s1. The van der Waals surface area contributed by atoms with Crippen molar-refractivity contribution in [2.24, 2.45) is 0 Å². The van der Waals surface area contributed by atoms with Crippen LogP contribution in [-0.2, 0) is 14.4 Å². The van der Waals surface area contributed by atoms with Crippen molar-refractivity contribution in [2.45, 2.75) is 37.1 Å². The normalized spacial score (nSPS) is 32.2. The average molecular weight is 301 g/mol. The second kappa shape index (κ2) is 6.37. The smallest absolute Gasteiger partial charge is 0.322 e. The number of amides is 2. The van der Waals surface area contributed by atoms with Crippen LogP contribution < -0.4 is 10.6 Å². The first-order chi connectivity index (χ1) is 9.88. The summed E-state index contributed by atoms with van der Waals surface area (Å²) in [6.45, 7) is -0.200. The molecule has 9 nitrogen and oxygen atoms in total. The SMILES string of the molecule is O=C(O)CNC(=O)[C@@H]1C[C@@H](O)CN1C(=O)[C@@H]1C[C@@H](O)CN1. The van der Waals surface area contributed by atoms with Crippen LogP contribution in [0.2, 0.25) is 0 Å². The summed E-state index contributed by atoms with van der Waals surface area (Å²) in [5, 5.41) is 32.7. The molecular formula is C12H19N3O6. The van der Waals surface area contributed by atoms with Crippen molar-refractivity contribution in [3.05, 3.63) is 0 Å². The fourth-order valence-corrected chi connectivity index (χ4v) is 2.69. The van der Waals surface area contributed by atoms with Gasteiger partial charge >= 0.3 is 5.97 Å². The summed E-state index contributed by atoms with van der Waals surface area (Å²) >= 11 is 0. The number of likely N-dealkylation sites (tertiary alicyclic amines) is 1. The van der Waals surface area contributed by atoms with E-state index in [2.05, 4.69) is 10.6 Å². The van der Waals surface area contributed by atoms with Gasteiger partial charge in [0.2, 0.25) is 11.8 Å². The van der Waals surface area contributed by atoms with Crippen LogP contribution in [0.4, 0.5) is 0 Å². The van der Waals surface area contributed by atoms with Crippen molar-refractivity contribution in [3.63, 3.8) is 0 Å². The highest BCUT2D eigenvalue weighted by Crippen LogP contribution is 2.21. The Morgan fingerprint density at radius 1 is 1.19 bits per heavy atom. The van der Waals surface area contributed by atoms with Gasteiger partial charge < -0.3 is 30.9 Å². The van der Waals surface area contributed by atoms with E-state index in [4.69, 9.17) is 5.11 Å². The number of carbonyl (C=O) groups excluding carboxylic acids is 2. The number of nitrogens with one attached hydrogen (secondary N) is 2. The second-order valence-corrected chi connectivity index (χ2v) is 5.36. The second-order valence-electron chi connectivity index (χ2n) is 5.36. The Kier molecular flexibility index (Phi) is 4.76. The maximum atomic E-state index is 12.3. The molecule has 5 N–H and O–H groups in total. The fourth-order valence-electron chi connectivity index (χ4n) is 2.69. The van der Waals surface area contributed by atoms with Crippen LogP contribution in [-0.4, -0.2) is 81.9 Å². The quantitative estimate of drug-likeness (QED) is 0.370. The largest absolute Gasteiger partial charge is 0.480 e. The third kappa shape index (κ3) is 3.69. The molecule has 9 heteroatoms. The van der Waals surface area contributed by atoms with E-state index in [0.717, 1.165) is 0 Å². The Morgan fingerprint density at radius 2 is 1.90 bits per heavy atom. The van der Waals surface area contributed by atoms with Gasteiger partial charge in [0.15, 0.2) is 0 Å². The van der Waals surface area contributed by atoms with Crippen molar-refractivity contribution in [2.75, 3.05) is 19.6 Å². The van der Waals surface area contributed by atoms with Gasteiger partial charge in [0.1, 0.15) is 12.6 Å². The Bertz CT molecular complexity index is 443. The van der Waals surface area contributed by atoms with Gasteiger partial charge in [-0.25, -0.2) is 0 Å². The molecule has 2 rings (SSSR count). The van der Waals surface area contributed by atoms with Crippen LogP contribution in [0.1, 0.15) is 12.8 Å². The molecule has 0 aromatic rings. The molecule has 0 aromatic carbocycles. The molecule has 4 atom stereocenters. The molecule has 21 heavy (non-hydrogen) atoms. The summed E-state index contributed by atoms with van der Waals surface area (Å²) in [5.41, 5.74) is 0. The molecule has 0 aliphatic carbocycles. The minimum atomic E-state index is -1.18. The van der Waals surface area contributed by atoms with Crippen molar-refractivity contribution in [1.29, 1.82) is 0 Å². The summed E-state index contributed by atoms with van der Waals surface area (Å²) in [6, 6.07) is -1.47. The minimum absolute atomic E-state index is 0.0261. The Morgan fingerprint density at radius 3 is 2.48 bits per heavy atom. The zero-order valence-electron chi connectivity index (χ0n) is 11.4. The predicted molar refractivity (Wildman–Crippen MR) is 69.2 cm³/mol. The number of hydrogen-bond acceptors (Lipinski definition) is 6. The number of carbonyl (C=O) groups is 3. The van der Waals surface area contributed by atoms with Gasteiger partial charge in [0, 0.05) is 19.5 Å². The van der Waals surface area contributed by atoms with Crippen molar-refractivity contribution >= 4 is 17.8 Å². The highest BCUT2D eigenvalue weighted by atomic mass is 16.4. The first-order valence-electron chi connectivity index (χ1n) is 6.78. The summed E-state index contributed by atoms with van der Waals surface area (Å²) < 4.78 is 0. The van der Waals surface area contributed by atoms with Gasteiger partial charge in [-0.05, 0) is 6.42 Å². The first-order valence-corrected chi connectivity index (χ1v) is 6.78. The predicted octanol–water partition coefficient (Wildman–Crippen LogP) is -3.13. The molecule has 118 valence electrons. The molecular weight excluding hydrogens is 282 g/mol. The van der Waals surface area contributed by atoms with Crippen molar-refractivity contribution in [3.8, 4) is 0 Å². The Balaban J connectivity index is 2.00. The number of aliphatic hydroxyl groups excluding tert-OH is 2. The highest BCUT2D eigenvalue weighted by molar-refractivity contribution is 5.91. The Labute approximate surface area is 120 Å². The van der Waals surface area contributed by atoms with Gasteiger partial charge in [0.25, 0.3) is 0 Å². The molecule has 2 heterocycles. The van der Waals surface area contributed by atoms with Crippen LogP contribution in [0.15, 0.2) is 0 Å². The molecule has 2 fully saturated rings. The van der Waals surface area contributed by atoms with Crippen molar-refractivity contribution < 1.29 is 29.7 Å². The van der Waals surface area contributed by atoms with Crippen molar-refractivity contribution in [1.82, 2.24) is 15.5 Å². The van der Waals surface area contributed by atoms with Gasteiger partial charge in [0.05, 0.1) is 18.2 Å². The van der Waals surface area contributed by atoms with E-state index in [9.17, 15) is 24.6 Å². The van der Waals surface area contributed by atoms with Crippen LogP contribution >= 0.6 is 0 Å². The molecule has 0 spiro atoms. The number of aliphatic hydroxyl groups is 2. The molecule has 0 unspecified atom stereocenters. The van der Waals surface area contributed by atoms with Gasteiger partial charge in [-0.2, -0.15) is 0 Å². The van der Waals surface area contributed by atoms with E-state index in [1.165, 1.54) is 4.90 Å². The van der Waals surface area contributed by atoms with E-state index < -0.39 is 42.7 Å². The lowest BCUT2D eigenvalue weighted by Gasteiger charge is -2.26. The van der Waals surface area contributed by atoms with E-state index in [1.807, 2.05) is 0 Å². The first kappa shape index (κ1) is 15.7. The van der Waals surface area contributed by atoms with Gasteiger partial charge in [-0.1, -0.05) is 0 Å². The summed E-state index contributed by atoms with van der Waals surface area (Å²) in [6.07, 6.45) is -1.09. The average Bonchev–Trinajstić information content (AvgIpc) is 3.01. The molecule has 2 amide bonds. The maximum absolute atomic E-state index is 12.3. The molecule has 0 saturated carbocycles. The maximum Gasteiger partial charge on any atom is 0.322 e. The summed E-state index contributed by atoms with van der Waals surface area (Å²) in [7, 11) is 0. The van der Waals surface area contributed by atoms with E-state index in [0.29, 0.717) is 6.54 Å². The molecule has 0 bridgehead atoms. The highest BCUT2D eigenvalue weighted by Gasteiger charge is 2.42. The third-order valence-corrected chi connectivity index (χ3v) is 3.68. The minimum Gasteiger partial charge on any atom is -0.480 e. The summed E-state index contributed by atoms with van der Waals surface area (Å²) in [5.74, 6) is -2.14. The number of carboxylic acids is 1. The lowest BCUT2D eigenvalue weighted by molar-refractivity contribution is -0.141. The van der Waals surface area contributed by atoms with E-state index in [-0.39, 0.29) is 25.3 Å². The van der Waals surface area contributed by atoms with Crippen LogP contribution in [0, 0.1) is 0 Å². The fraction of sp³-hybridized carbons (Fsp3) is 0.750. The number of carboxylic acid groups (broad SMARTS) is 1. The molecule has 0 radical (unpaired) electrons. The van der Waals surface area contributed by atoms with Crippen LogP contribution in [0.25, 0.3) is 0 Å². The number of rotatable bonds is 4. The lowest BCUT2D eigenvalue weighted by Crippen LogP contribution is -2.51. The number of aliphatic carboxylic acids is 1. The van der Waals surface area contributed by atoms with Crippen LogP contribution in [0.3, 0.4) is 0 Å². The van der Waals surface area contributed by atoms with E-state index in [1.54, 1.807) is 0 Å². The molecule has 2 aliphatic rings.